The number of esters is 1. The number of fused-ring (bicyclic) bond motifs is 1. The molecule has 0 aliphatic carbocycles. The van der Waals surface area contributed by atoms with E-state index in [0.717, 1.165) is 5.56 Å². The molecule has 0 spiro atoms. The molecule has 0 saturated heterocycles. The third kappa shape index (κ3) is 3.71. The van der Waals surface area contributed by atoms with Gasteiger partial charge in [-0.05, 0) is 35.7 Å². The van der Waals surface area contributed by atoms with Crippen molar-refractivity contribution in [2.75, 3.05) is 5.75 Å². The molecule has 3 aromatic carbocycles. The zero-order valence-electron chi connectivity index (χ0n) is 15.2. The Hall–Kier alpha value is -2.92. The Morgan fingerprint density at radius 1 is 0.857 bits per heavy atom. The average Bonchev–Trinajstić information content (AvgIpc) is 2.72. The maximum Gasteiger partial charge on any atom is 0.338 e. The van der Waals surface area contributed by atoms with Crippen LogP contribution in [0.1, 0.15) is 27.4 Å². The number of carbonyl (C=O) groups excluding carboxylic acids is 1. The van der Waals surface area contributed by atoms with Gasteiger partial charge in [-0.2, -0.15) is 0 Å². The zero-order valence-corrected chi connectivity index (χ0v) is 16.0. The van der Waals surface area contributed by atoms with E-state index in [4.69, 9.17) is 4.74 Å². The molecule has 3 aromatic rings. The predicted molar refractivity (Wildman–Crippen MR) is 107 cm³/mol. The number of hydrogen-bond donors (Lipinski definition) is 0. The van der Waals surface area contributed by atoms with E-state index in [2.05, 4.69) is 0 Å². The highest BCUT2D eigenvalue weighted by atomic mass is 32.2. The fourth-order valence-electron chi connectivity index (χ4n) is 3.70. The van der Waals surface area contributed by atoms with Gasteiger partial charge in [-0.3, -0.25) is 0 Å². The Morgan fingerprint density at radius 2 is 1.46 bits per heavy atom. The maximum absolute atomic E-state index is 12.8. The van der Waals surface area contributed by atoms with Crippen molar-refractivity contribution in [1.82, 2.24) is 0 Å². The lowest BCUT2D eigenvalue weighted by Gasteiger charge is -2.33. The standard InChI is InChI=1S/C23H20O4S/c24-23(18-11-5-2-6-12-18)27-21-16-28(25,26)22-14-8-7-13-19(22)20(21)15-17-9-3-1-4-10-17/h1-14,20-21H,15-16H2/t20-,21-/m1/s1. The van der Waals surface area contributed by atoms with E-state index in [9.17, 15) is 13.2 Å². The van der Waals surface area contributed by atoms with E-state index < -0.39 is 21.9 Å². The van der Waals surface area contributed by atoms with Gasteiger partial charge in [-0.1, -0.05) is 66.7 Å². The van der Waals surface area contributed by atoms with Crippen LogP contribution >= 0.6 is 0 Å². The number of sulfone groups is 1. The zero-order chi connectivity index (χ0) is 19.6. The lowest BCUT2D eigenvalue weighted by molar-refractivity contribution is 0.0279. The summed E-state index contributed by atoms with van der Waals surface area (Å²) in [5.74, 6) is -0.937. The summed E-state index contributed by atoms with van der Waals surface area (Å²) in [6.07, 6.45) is -0.145. The SMILES string of the molecule is O=C(O[C@@H]1CS(=O)(=O)c2ccccc2[C@H]1Cc1ccccc1)c1ccccc1. The van der Waals surface area contributed by atoms with Crippen molar-refractivity contribution in [3.05, 3.63) is 102 Å². The molecule has 142 valence electrons. The molecule has 0 radical (unpaired) electrons. The second kappa shape index (κ2) is 7.60. The largest absolute Gasteiger partial charge is 0.457 e. The average molecular weight is 392 g/mol. The topological polar surface area (TPSA) is 60.4 Å². The van der Waals surface area contributed by atoms with Crippen LogP contribution in [0.25, 0.3) is 0 Å². The van der Waals surface area contributed by atoms with Crippen LogP contribution in [0.15, 0.2) is 89.8 Å². The summed E-state index contributed by atoms with van der Waals surface area (Å²) < 4.78 is 31.4. The van der Waals surface area contributed by atoms with Crippen molar-refractivity contribution in [3.63, 3.8) is 0 Å². The van der Waals surface area contributed by atoms with Gasteiger partial charge in [0.05, 0.1) is 16.2 Å². The number of rotatable bonds is 4. The van der Waals surface area contributed by atoms with Crippen molar-refractivity contribution in [2.24, 2.45) is 0 Å². The summed E-state index contributed by atoms with van der Waals surface area (Å²) in [6, 6.07) is 25.5. The van der Waals surface area contributed by atoms with Crippen LogP contribution in [0.4, 0.5) is 0 Å². The molecule has 0 N–H and O–H groups in total. The monoisotopic (exact) mass is 392 g/mol. The van der Waals surface area contributed by atoms with Crippen molar-refractivity contribution in [1.29, 1.82) is 0 Å². The highest BCUT2D eigenvalue weighted by Crippen LogP contribution is 2.37. The third-order valence-electron chi connectivity index (χ3n) is 5.05. The smallest absolute Gasteiger partial charge is 0.338 e. The minimum Gasteiger partial charge on any atom is -0.457 e. The van der Waals surface area contributed by atoms with Crippen molar-refractivity contribution < 1.29 is 17.9 Å². The molecular formula is C23H20O4S. The van der Waals surface area contributed by atoms with Crippen LogP contribution in [0.2, 0.25) is 0 Å². The minimum atomic E-state index is -3.52. The lowest BCUT2D eigenvalue weighted by Crippen LogP contribution is -2.38. The fraction of sp³-hybridized carbons (Fsp3) is 0.174. The van der Waals surface area contributed by atoms with Crippen LogP contribution in [-0.2, 0) is 21.0 Å². The van der Waals surface area contributed by atoms with Crippen LogP contribution < -0.4 is 0 Å². The maximum atomic E-state index is 12.8. The number of carbonyl (C=O) groups is 1. The van der Waals surface area contributed by atoms with Gasteiger partial charge in [0, 0.05) is 5.92 Å². The molecule has 1 heterocycles. The minimum absolute atomic E-state index is 0.208. The van der Waals surface area contributed by atoms with Gasteiger partial charge >= 0.3 is 5.97 Å². The summed E-state index contributed by atoms with van der Waals surface area (Å²) in [5, 5.41) is 0. The molecule has 0 saturated carbocycles. The Kier molecular flexibility index (Phi) is 5.01. The lowest BCUT2D eigenvalue weighted by atomic mass is 9.87. The van der Waals surface area contributed by atoms with Gasteiger partial charge in [0.1, 0.15) is 6.10 Å². The fourth-order valence-corrected chi connectivity index (χ4v) is 5.47. The Morgan fingerprint density at radius 3 is 2.18 bits per heavy atom. The quantitative estimate of drug-likeness (QED) is 0.629. The van der Waals surface area contributed by atoms with E-state index in [1.165, 1.54) is 0 Å². The highest BCUT2D eigenvalue weighted by Gasteiger charge is 2.40. The van der Waals surface area contributed by atoms with Crippen LogP contribution in [0.3, 0.4) is 0 Å². The molecule has 0 fully saturated rings. The second-order valence-electron chi connectivity index (χ2n) is 6.93. The first kappa shape index (κ1) is 18.4. The van der Waals surface area contributed by atoms with Crippen molar-refractivity contribution in [2.45, 2.75) is 23.3 Å². The molecule has 28 heavy (non-hydrogen) atoms. The van der Waals surface area contributed by atoms with Crippen molar-refractivity contribution >= 4 is 15.8 Å². The Bertz CT molecular complexity index is 1080. The number of benzene rings is 3. The molecule has 2 atom stereocenters. The molecule has 4 rings (SSSR count). The summed E-state index contributed by atoms with van der Waals surface area (Å²) >= 11 is 0. The van der Waals surface area contributed by atoms with E-state index in [-0.39, 0.29) is 11.7 Å². The van der Waals surface area contributed by atoms with Gasteiger partial charge in [-0.15, -0.1) is 0 Å². The molecule has 1 aliphatic heterocycles. The first-order valence-electron chi connectivity index (χ1n) is 9.16. The Labute approximate surface area is 164 Å². The summed E-state index contributed by atoms with van der Waals surface area (Å²) in [7, 11) is -3.52. The van der Waals surface area contributed by atoms with Gasteiger partial charge < -0.3 is 4.74 Å². The van der Waals surface area contributed by atoms with Crippen LogP contribution in [0, 0.1) is 0 Å². The first-order chi connectivity index (χ1) is 13.5. The van der Waals surface area contributed by atoms with Gasteiger partial charge in [0.15, 0.2) is 9.84 Å². The van der Waals surface area contributed by atoms with E-state index >= 15 is 0 Å². The van der Waals surface area contributed by atoms with Gasteiger partial charge in [-0.25, -0.2) is 13.2 Å². The molecule has 0 aromatic heterocycles. The van der Waals surface area contributed by atoms with Crippen molar-refractivity contribution in [3.8, 4) is 0 Å². The second-order valence-corrected chi connectivity index (χ2v) is 8.93. The first-order valence-corrected chi connectivity index (χ1v) is 10.8. The molecular weight excluding hydrogens is 372 g/mol. The summed E-state index contributed by atoms with van der Waals surface area (Å²) in [4.78, 5) is 13.0. The summed E-state index contributed by atoms with van der Waals surface area (Å²) in [5.41, 5.74) is 2.20. The molecule has 4 nitrogen and oxygen atoms in total. The molecule has 5 heteroatoms. The summed E-state index contributed by atoms with van der Waals surface area (Å²) in [6.45, 7) is 0. The van der Waals surface area contributed by atoms with Crippen LogP contribution in [0.5, 0.6) is 0 Å². The van der Waals surface area contributed by atoms with Gasteiger partial charge in [0.25, 0.3) is 0 Å². The molecule has 0 unspecified atom stereocenters. The highest BCUT2D eigenvalue weighted by molar-refractivity contribution is 7.91. The van der Waals surface area contributed by atoms with Crippen LogP contribution in [-0.4, -0.2) is 26.2 Å². The number of hydrogen-bond acceptors (Lipinski definition) is 4. The molecule has 0 amide bonds. The van der Waals surface area contributed by atoms with E-state index in [1.54, 1.807) is 36.4 Å². The Balaban J connectivity index is 1.71. The van der Waals surface area contributed by atoms with Gasteiger partial charge in [0.2, 0.25) is 0 Å². The predicted octanol–water partition coefficient (Wildman–Crippen LogP) is 4.03. The van der Waals surface area contributed by atoms with E-state index in [1.807, 2.05) is 48.5 Å². The number of ether oxygens (including phenoxy) is 1. The van der Waals surface area contributed by atoms with E-state index in [0.29, 0.717) is 22.4 Å². The normalized spacial score (nSPS) is 20.1. The third-order valence-corrected chi connectivity index (χ3v) is 6.86. The molecule has 1 aliphatic rings. The molecule has 0 bridgehead atoms.